The van der Waals surface area contributed by atoms with Gasteiger partial charge >= 0.3 is 0 Å². The molecule has 16 heavy (non-hydrogen) atoms. The van der Waals surface area contributed by atoms with Crippen LogP contribution in [0.1, 0.15) is 6.92 Å². The Kier molecular flexibility index (Phi) is 3.16. The molecular formula is C10H15ClN4O. The van der Waals surface area contributed by atoms with Gasteiger partial charge in [0.05, 0.1) is 11.9 Å². The maximum absolute atomic E-state index is 11.7. The first-order valence-corrected chi connectivity index (χ1v) is 5.68. The lowest BCUT2D eigenvalue weighted by Crippen LogP contribution is -2.50. The molecule has 88 valence electrons. The summed E-state index contributed by atoms with van der Waals surface area (Å²) in [7, 11) is 1.60. The van der Waals surface area contributed by atoms with Crippen LogP contribution < -0.4 is 15.8 Å². The zero-order valence-corrected chi connectivity index (χ0v) is 10.2. The van der Waals surface area contributed by atoms with Crippen LogP contribution in [0.5, 0.6) is 0 Å². The molecule has 6 heteroatoms. The van der Waals surface area contributed by atoms with Crippen LogP contribution >= 0.6 is 11.6 Å². The van der Waals surface area contributed by atoms with Gasteiger partial charge in [-0.15, -0.1) is 0 Å². The van der Waals surface area contributed by atoms with Crippen LogP contribution in [-0.2, 0) is 7.05 Å². The maximum Gasteiger partial charge on any atom is 0.287 e. The minimum Gasteiger partial charge on any atom is -0.364 e. The molecule has 1 unspecified atom stereocenters. The van der Waals surface area contributed by atoms with Gasteiger partial charge in [-0.25, -0.2) is 4.68 Å². The van der Waals surface area contributed by atoms with E-state index in [1.165, 1.54) is 4.68 Å². The van der Waals surface area contributed by atoms with Crippen molar-refractivity contribution in [2.24, 2.45) is 7.05 Å². The van der Waals surface area contributed by atoms with Crippen molar-refractivity contribution < 1.29 is 0 Å². The Morgan fingerprint density at radius 3 is 3.06 bits per heavy atom. The minimum absolute atomic E-state index is 0.245. The third kappa shape index (κ3) is 1.92. The molecule has 0 amide bonds. The van der Waals surface area contributed by atoms with Gasteiger partial charge in [0, 0.05) is 32.7 Å². The molecule has 1 N–H and O–H groups in total. The number of rotatable bonds is 1. The Hall–Kier alpha value is -1.07. The van der Waals surface area contributed by atoms with Crippen molar-refractivity contribution in [2.45, 2.75) is 13.0 Å². The summed E-state index contributed by atoms with van der Waals surface area (Å²) in [6, 6.07) is 0.320. The minimum atomic E-state index is -0.245. The summed E-state index contributed by atoms with van der Waals surface area (Å²) in [4.78, 5) is 13.8. The summed E-state index contributed by atoms with van der Waals surface area (Å²) >= 11 is 6.06. The van der Waals surface area contributed by atoms with E-state index in [1.807, 2.05) is 0 Å². The third-order valence-electron chi connectivity index (χ3n) is 2.87. The highest BCUT2D eigenvalue weighted by Crippen LogP contribution is 2.23. The lowest BCUT2D eigenvalue weighted by atomic mass is 10.2. The Labute approximate surface area is 99.0 Å². The normalized spacial score (nSPS) is 21.2. The number of hydrogen-bond donors (Lipinski definition) is 1. The molecule has 1 fully saturated rings. The molecule has 1 aliphatic heterocycles. The van der Waals surface area contributed by atoms with E-state index in [9.17, 15) is 4.79 Å². The van der Waals surface area contributed by atoms with Crippen LogP contribution in [0, 0.1) is 0 Å². The van der Waals surface area contributed by atoms with Crippen molar-refractivity contribution in [2.75, 3.05) is 24.5 Å². The van der Waals surface area contributed by atoms with E-state index in [2.05, 4.69) is 22.2 Å². The molecule has 0 aromatic carbocycles. The van der Waals surface area contributed by atoms with Crippen molar-refractivity contribution in [3.63, 3.8) is 0 Å². The average Bonchev–Trinajstić information content (AvgIpc) is 2.28. The molecule has 5 nitrogen and oxygen atoms in total. The van der Waals surface area contributed by atoms with E-state index in [-0.39, 0.29) is 10.6 Å². The number of anilines is 1. The molecular weight excluding hydrogens is 228 g/mol. The molecule has 1 aliphatic rings. The summed E-state index contributed by atoms with van der Waals surface area (Å²) in [5.74, 6) is 0. The van der Waals surface area contributed by atoms with E-state index in [1.54, 1.807) is 13.2 Å². The lowest BCUT2D eigenvalue weighted by molar-refractivity contribution is 0.499. The van der Waals surface area contributed by atoms with Gasteiger partial charge in [0.1, 0.15) is 5.02 Å². The Morgan fingerprint density at radius 2 is 2.38 bits per heavy atom. The monoisotopic (exact) mass is 242 g/mol. The summed E-state index contributed by atoms with van der Waals surface area (Å²) in [6.45, 7) is 4.73. The second-order valence-electron chi connectivity index (χ2n) is 4.02. The van der Waals surface area contributed by atoms with Crippen molar-refractivity contribution in [1.29, 1.82) is 0 Å². The predicted molar refractivity (Wildman–Crippen MR) is 64.2 cm³/mol. The summed E-state index contributed by atoms with van der Waals surface area (Å²) in [5.41, 5.74) is 0.490. The summed E-state index contributed by atoms with van der Waals surface area (Å²) < 4.78 is 1.25. The molecule has 0 radical (unpaired) electrons. The molecule has 2 rings (SSSR count). The van der Waals surface area contributed by atoms with E-state index >= 15 is 0 Å². The molecule has 1 aromatic rings. The van der Waals surface area contributed by atoms with Crippen molar-refractivity contribution in [3.05, 3.63) is 21.6 Å². The fourth-order valence-electron chi connectivity index (χ4n) is 1.90. The smallest absolute Gasteiger partial charge is 0.287 e. The number of aromatic nitrogens is 2. The average molecular weight is 243 g/mol. The van der Waals surface area contributed by atoms with Crippen LogP contribution in [-0.4, -0.2) is 35.5 Å². The predicted octanol–water partition coefficient (Wildman–Crippen LogP) is 0.232. The second-order valence-corrected chi connectivity index (χ2v) is 4.40. The first-order chi connectivity index (χ1) is 7.61. The number of halogens is 1. The number of nitrogens with one attached hydrogen (secondary N) is 1. The highest BCUT2D eigenvalue weighted by molar-refractivity contribution is 6.33. The Morgan fingerprint density at radius 1 is 1.62 bits per heavy atom. The van der Waals surface area contributed by atoms with E-state index < -0.39 is 0 Å². The summed E-state index contributed by atoms with van der Waals surface area (Å²) in [6.07, 6.45) is 1.66. The van der Waals surface area contributed by atoms with Crippen molar-refractivity contribution in [3.8, 4) is 0 Å². The molecule has 0 saturated carbocycles. The van der Waals surface area contributed by atoms with Gasteiger partial charge in [-0.1, -0.05) is 11.6 Å². The van der Waals surface area contributed by atoms with E-state index in [4.69, 9.17) is 11.6 Å². The van der Waals surface area contributed by atoms with Crippen LogP contribution in [0.2, 0.25) is 5.02 Å². The van der Waals surface area contributed by atoms with Crippen molar-refractivity contribution in [1.82, 2.24) is 15.1 Å². The highest BCUT2D eigenvalue weighted by atomic mass is 35.5. The number of nitrogens with zero attached hydrogens (tertiary/aromatic N) is 3. The quantitative estimate of drug-likeness (QED) is 0.766. The molecule has 1 atom stereocenters. The van der Waals surface area contributed by atoms with Gasteiger partial charge in [0.15, 0.2) is 0 Å². The standard InChI is InChI=1S/C10H15ClN4O/c1-7-5-12-3-4-15(7)8-6-13-14(2)10(16)9(8)11/h6-7,12H,3-5H2,1-2H3. The zero-order chi connectivity index (χ0) is 11.7. The zero-order valence-electron chi connectivity index (χ0n) is 9.40. The largest absolute Gasteiger partial charge is 0.364 e. The van der Waals surface area contributed by atoms with Gasteiger partial charge in [0.2, 0.25) is 0 Å². The van der Waals surface area contributed by atoms with Crippen LogP contribution in [0.3, 0.4) is 0 Å². The molecule has 1 saturated heterocycles. The van der Waals surface area contributed by atoms with Crippen LogP contribution in [0.4, 0.5) is 5.69 Å². The van der Waals surface area contributed by atoms with Gasteiger partial charge < -0.3 is 10.2 Å². The molecule has 0 bridgehead atoms. The number of piperazine rings is 1. The highest BCUT2D eigenvalue weighted by Gasteiger charge is 2.22. The molecule has 2 heterocycles. The van der Waals surface area contributed by atoms with Crippen molar-refractivity contribution >= 4 is 17.3 Å². The molecule has 0 spiro atoms. The van der Waals surface area contributed by atoms with Gasteiger partial charge in [-0.3, -0.25) is 4.79 Å². The van der Waals surface area contributed by atoms with Crippen LogP contribution in [0.15, 0.2) is 11.0 Å². The van der Waals surface area contributed by atoms with Gasteiger partial charge in [-0.05, 0) is 6.92 Å². The number of aryl methyl sites for hydroxylation is 1. The Bertz CT molecular complexity index is 445. The Balaban J connectivity index is 2.40. The van der Waals surface area contributed by atoms with E-state index in [0.29, 0.717) is 6.04 Å². The number of hydrogen-bond acceptors (Lipinski definition) is 4. The SMILES string of the molecule is CC1CNCCN1c1cnn(C)c(=O)c1Cl. The molecule has 1 aromatic heterocycles. The first kappa shape index (κ1) is 11.4. The summed E-state index contributed by atoms with van der Waals surface area (Å²) in [5, 5.41) is 7.55. The lowest BCUT2D eigenvalue weighted by Gasteiger charge is -2.35. The fraction of sp³-hybridized carbons (Fsp3) is 0.600. The van der Waals surface area contributed by atoms with Gasteiger partial charge in [-0.2, -0.15) is 5.10 Å². The fourth-order valence-corrected chi connectivity index (χ4v) is 2.18. The third-order valence-corrected chi connectivity index (χ3v) is 3.23. The first-order valence-electron chi connectivity index (χ1n) is 5.30. The maximum atomic E-state index is 11.7. The van der Waals surface area contributed by atoms with Crippen LogP contribution in [0.25, 0.3) is 0 Å². The molecule has 0 aliphatic carbocycles. The van der Waals surface area contributed by atoms with Gasteiger partial charge in [0.25, 0.3) is 5.56 Å². The van der Waals surface area contributed by atoms with E-state index in [0.717, 1.165) is 25.3 Å². The topological polar surface area (TPSA) is 50.2 Å². The second kappa shape index (κ2) is 4.43.